The molecule has 5 nitrogen and oxygen atoms in total. The van der Waals surface area contributed by atoms with Gasteiger partial charge in [0.25, 0.3) is 5.91 Å². The average molecular weight is 315 g/mol. The molecule has 0 unspecified atom stereocenters. The van der Waals surface area contributed by atoms with Gasteiger partial charge < -0.3 is 19.5 Å². The van der Waals surface area contributed by atoms with E-state index in [1.54, 1.807) is 32.4 Å². The SMILES string of the molecule is COc1cc(OC)cc(C(=O)NCCCOc2ccccc2)c1. The molecule has 2 aromatic rings. The lowest BCUT2D eigenvalue weighted by Crippen LogP contribution is -2.25. The van der Waals surface area contributed by atoms with Gasteiger partial charge in [-0.2, -0.15) is 0 Å². The van der Waals surface area contributed by atoms with E-state index in [4.69, 9.17) is 14.2 Å². The molecule has 0 aromatic heterocycles. The molecule has 2 aromatic carbocycles. The van der Waals surface area contributed by atoms with E-state index < -0.39 is 0 Å². The first kappa shape index (κ1) is 16.7. The predicted octanol–water partition coefficient (Wildman–Crippen LogP) is 2.90. The molecule has 5 heteroatoms. The molecule has 0 aliphatic carbocycles. The highest BCUT2D eigenvalue weighted by Gasteiger charge is 2.09. The van der Waals surface area contributed by atoms with Crippen molar-refractivity contribution in [2.45, 2.75) is 6.42 Å². The van der Waals surface area contributed by atoms with Crippen LogP contribution in [-0.4, -0.2) is 33.3 Å². The van der Waals surface area contributed by atoms with Crippen LogP contribution in [0.1, 0.15) is 16.8 Å². The van der Waals surface area contributed by atoms with Crippen LogP contribution in [0.15, 0.2) is 48.5 Å². The molecule has 122 valence electrons. The van der Waals surface area contributed by atoms with Crippen LogP contribution in [0.2, 0.25) is 0 Å². The van der Waals surface area contributed by atoms with Gasteiger partial charge >= 0.3 is 0 Å². The number of hydrogen-bond donors (Lipinski definition) is 1. The number of nitrogens with one attached hydrogen (secondary N) is 1. The maximum Gasteiger partial charge on any atom is 0.251 e. The number of methoxy groups -OCH3 is 2. The topological polar surface area (TPSA) is 56.8 Å². The summed E-state index contributed by atoms with van der Waals surface area (Å²) in [6.07, 6.45) is 0.724. The Morgan fingerprint density at radius 2 is 1.61 bits per heavy atom. The smallest absolute Gasteiger partial charge is 0.251 e. The van der Waals surface area contributed by atoms with Crippen LogP contribution in [-0.2, 0) is 0 Å². The zero-order chi connectivity index (χ0) is 16.5. The summed E-state index contributed by atoms with van der Waals surface area (Å²) in [5.74, 6) is 1.84. The minimum Gasteiger partial charge on any atom is -0.497 e. The maximum absolute atomic E-state index is 12.2. The number of carbonyl (C=O) groups excluding carboxylic acids is 1. The van der Waals surface area contributed by atoms with E-state index in [0.29, 0.717) is 30.2 Å². The standard InChI is InChI=1S/C18H21NO4/c1-21-16-11-14(12-17(13-16)22-2)18(20)19-9-6-10-23-15-7-4-3-5-8-15/h3-5,7-8,11-13H,6,9-10H2,1-2H3,(H,19,20). The Morgan fingerprint density at radius 3 is 2.22 bits per heavy atom. The van der Waals surface area contributed by atoms with Gasteiger partial charge in [-0.15, -0.1) is 0 Å². The van der Waals surface area contributed by atoms with Gasteiger partial charge in [0.15, 0.2) is 0 Å². The van der Waals surface area contributed by atoms with Crippen LogP contribution in [0.3, 0.4) is 0 Å². The second kappa shape index (κ2) is 8.68. The third-order valence-corrected chi connectivity index (χ3v) is 3.23. The Morgan fingerprint density at radius 1 is 0.957 bits per heavy atom. The average Bonchev–Trinajstić information content (AvgIpc) is 2.61. The van der Waals surface area contributed by atoms with Crippen molar-refractivity contribution < 1.29 is 19.0 Å². The van der Waals surface area contributed by atoms with Gasteiger partial charge in [-0.3, -0.25) is 4.79 Å². The molecule has 1 N–H and O–H groups in total. The molecule has 1 amide bonds. The van der Waals surface area contributed by atoms with Gasteiger partial charge in [-0.1, -0.05) is 18.2 Å². The fourth-order valence-corrected chi connectivity index (χ4v) is 2.02. The van der Waals surface area contributed by atoms with Gasteiger partial charge in [0.05, 0.1) is 20.8 Å². The molecule has 2 rings (SSSR count). The van der Waals surface area contributed by atoms with E-state index >= 15 is 0 Å². The van der Waals surface area contributed by atoms with E-state index in [1.165, 1.54) is 0 Å². The number of rotatable bonds is 8. The summed E-state index contributed by atoms with van der Waals surface area (Å²) in [5, 5.41) is 2.86. The Balaban J connectivity index is 1.78. The first-order chi connectivity index (χ1) is 11.2. The van der Waals surface area contributed by atoms with Crippen molar-refractivity contribution in [2.75, 3.05) is 27.4 Å². The van der Waals surface area contributed by atoms with Crippen molar-refractivity contribution >= 4 is 5.91 Å². The molecule has 0 aliphatic heterocycles. The molecule has 0 fully saturated rings. The highest BCUT2D eigenvalue weighted by atomic mass is 16.5. The second-order valence-corrected chi connectivity index (χ2v) is 4.87. The third kappa shape index (κ3) is 5.21. The molecule has 0 saturated carbocycles. The minimum absolute atomic E-state index is 0.165. The molecule has 0 heterocycles. The lowest BCUT2D eigenvalue weighted by molar-refractivity contribution is 0.0951. The molecular weight excluding hydrogens is 294 g/mol. The number of ether oxygens (including phenoxy) is 3. The zero-order valence-electron chi connectivity index (χ0n) is 13.4. The van der Waals surface area contributed by atoms with Gasteiger partial charge in [0, 0.05) is 18.2 Å². The van der Waals surface area contributed by atoms with Crippen molar-refractivity contribution in [3.8, 4) is 17.2 Å². The van der Waals surface area contributed by atoms with E-state index in [-0.39, 0.29) is 5.91 Å². The maximum atomic E-state index is 12.2. The first-order valence-electron chi connectivity index (χ1n) is 7.42. The van der Waals surface area contributed by atoms with Crippen molar-refractivity contribution in [3.05, 3.63) is 54.1 Å². The van der Waals surface area contributed by atoms with E-state index in [1.807, 2.05) is 30.3 Å². The summed E-state index contributed by atoms with van der Waals surface area (Å²) in [5.41, 5.74) is 0.505. The summed E-state index contributed by atoms with van der Waals surface area (Å²) in [4.78, 5) is 12.2. The Hall–Kier alpha value is -2.69. The predicted molar refractivity (Wildman–Crippen MR) is 88.4 cm³/mol. The zero-order valence-corrected chi connectivity index (χ0v) is 13.4. The molecular formula is C18H21NO4. The fourth-order valence-electron chi connectivity index (χ4n) is 2.02. The van der Waals surface area contributed by atoms with Crippen LogP contribution >= 0.6 is 0 Å². The molecule has 0 bridgehead atoms. The Labute approximate surface area is 136 Å². The van der Waals surface area contributed by atoms with E-state index in [9.17, 15) is 4.79 Å². The third-order valence-electron chi connectivity index (χ3n) is 3.23. The van der Waals surface area contributed by atoms with Gasteiger partial charge in [0.2, 0.25) is 0 Å². The molecule has 0 spiro atoms. The quantitative estimate of drug-likeness (QED) is 0.761. The van der Waals surface area contributed by atoms with Gasteiger partial charge in [-0.05, 0) is 30.7 Å². The molecule has 0 aliphatic rings. The molecule has 0 atom stereocenters. The van der Waals surface area contributed by atoms with E-state index in [0.717, 1.165) is 12.2 Å². The second-order valence-electron chi connectivity index (χ2n) is 4.87. The lowest BCUT2D eigenvalue weighted by Gasteiger charge is -2.10. The highest BCUT2D eigenvalue weighted by molar-refractivity contribution is 5.95. The number of carbonyl (C=O) groups is 1. The van der Waals surface area contributed by atoms with Crippen molar-refractivity contribution in [2.24, 2.45) is 0 Å². The Bertz CT molecular complexity index is 606. The summed E-state index contributed by atoms with van der Waals surface area (Å²) in [6, 6.07) is 14.7. The fraction of sp³-hybridized carbons (Fsp3) is 0.278. The summed E-state index contributed by atoms with van der Waals surface area (Å²) in [7, 11) is 3.11. The summed E-state index contributed by atoms with van der Waals surface area (Å²) < 4.78 is 15.9. The normalized spacial score (nSPS) is 10.0. The largest absolute Gasteiger partial charge is 0.497 e. The number of amides is 1. The monoisotopic (exact) mass is 315 g/mol. The Kier molecular flexibility index (Phi) is 6.29. The lowest BCUT2D eigenvalue weighted by atomic mass is 10.2. The van der Waals surface area contributed by atoms with Crippen LogP contribution in [0.5, 0.6) is 17.2 Å². The van der Waals surface area contributed by atoms with Crippen LogP contribution in [0.25, 0.3) is 0 Å². The number of para-hydroxylation sites is 1. The van der Waals surface area contributed by atoms with Crippen LogP contribution in [0, 0.1) is 0 Å². The highest BCUT2D eigenvalue weighted by Crippen LogP contribution is 2.22. The summed E-state index contributed by atoms with van der Waals surface area (Å²) in [6.45, 7) is 1.08. The first-order valence-corrected chi connectivity index (χ1v) is 7.42. The van der Waals surface area contributed by atoms with Crippen molar-refractivity contribution in [3.63, 3.8) is 0 Å². The molecule has 23 heavy (non-hydrogen) atoms. The number of benzene rings is 2. The van der Waals surface area contributed by atoms with Crippen molar-refractivity contribution in [1.82, 2.24) is 5.32 Å². The number of hydrogen-bond acceptors (Lipinski definition) is 4. The van der Waals surface area contributed by atoms with Crippen molar-refractivity contribution in [1.29, 1.82) is 0 Å². The minimum atomic E-state index is -0.165. The molecule has 0 radical (unpaired) electrons. The van der Waals surface area contributed by atoms with Gasteiger partial charge in [0.1, 0.15) is 17.2 Å². The van der Waals surface area contributed by atoms with Crippen LogP contribution in [0.4, 0.5) is 0 Å². The van der Waals surface area contributed by atoms with Crippen LogP contribution < -0.4 is 19.5 Å². The van der Waals surface area contributed by atoms with Gasteiger partial charge in [-0.25, -0.2) is 0 Å². The summed E-state index contributed by atoms with van der Waals surface area (Å²) >= 11 is 0. The molecule has 0 saturated heterocycles. The van der Waals surface area contributed by atoms with E-state index in [2.05, 4.69) is 5.32 Å².